The number of hydrogen-bond donors (Lipinski definition) is 3. The fourth-order valence-electron chi connectivity index (χ4n) is 1.34. The van der Waals surface area contributed by atoms with Crippen LogP contribution < -0.4 is 10.6 Å². The monoisotopic (exact) mass is 270 g/mol. The van der Waals surface area contributed by atoms with Crippen molar-refractivity contribution in [1.29, 1.82) is 0 Å². The normalized spacial score (nSPS) is 10.0. The van der Waals surface area contributed by atoms with Gasteiger partial charge in [0.05, 0.1) is 11.3 Å². The fourth-order valence-corrected chi connectivity index (χ4v) is 1.34. The molecule has 6 nitrogen and oxygen atoms in total. The van der Waals surface area contributed by atoms with E-state index in [9.17, 15) is 14.0 Å². The molecule has 104 valence electrons. The first-order valence-electron chi connectivity index (χ1n) is 5.61. The number of nitrogens with one attached hydrogen (secondary N) is 2. The standard InChI is InChI=1S/C12H15FN2O4/c1-19-6-2-5-14-12(18)15-10-7-8(11(16)17)3-4-9(10)13/h3-4,7H,2,5-6H2,1H3,(H,16,17)(H2,14,15,18). The molecule has 0 unspecified atom stereocenters. The second-order valence-corrected chi connectivity index (χ2v) is 3.73. The Balaban J connectivity index is 2.58. The number of hydrogen-bond acceptors (Lipinski definition) is 3. The van der Waals surface area contributed by atoms with Gasteiger partial charge in [-0.15, -0.1) is 0 Å². The maximum atomic E-state index is 13.4. The SMILES string of the molecule is COCCCNC(=O)Nc1cc(C(=O)O)ccc1F. The van der Waals surface area contributed by atoms with Crippen LogP contribution in [0.25, 0.3) is 0 Å². The third-order valence-corrected chi connectivity index (χ3v) is 2.27. The summed E-state index contributed by atoms with van der Waals surface area (Å²) in [5.41, 5.74) is -0.278. The Morgan fingerprint density at radius 2 is 2.16 bits per heavy atom. The minimum Gasteiger partial charge on any atom is -0.478 e. The van der Waals surface area contributed by atoms with E-state index in [1.807, 2.05) is 0 Å². The van der Waals surface area contributed by atoms with E-state index >= 15 is 0 Å². The lowest BCUT2D eigenvalue weighted by Gasteiger charge is -2.08. The van der Waals surface area contributed by atoms with E-state index in [1.165, 1.54) is 0 Å². The molecule has 0 saturated carbocycles. The van der Waals surface area contributed by atoms with Crippen molar-refractivity contribution in [3.63, 3.8) is 0 Å². The first kappa shape index (κ1) is 14.9. The number of anilines is 1. The fraction of sp³-hybridized carbons (Fsp3) is 0.333. The van der Waals surface area contributed by atoms with Crippen LogP contribution in [-0.4, -0.2) is 37.4 Å². The summed E-state index contributed by atoms with van der Waals surface area (Å²) < 4.78 is 18.2. The van der Waals surface area contributed by atoms with Gasteiger partial charge < -0.3 is 20.5 Å². The van der Waals surface area contributed by atoms with Gasteiger partial charge in [0, 0.05) is 20.3 Å². The van der Waals surface area contributed by atoms with Crippen LogP contribution in [0.3, 0.4) is 0 Å². The van der Waals surface area contributed by atoms with Crippen LogP contribution in [0.1, 0.15) is 16.8 Å². The Kier molecular flexibility index (Phi) is 5.74. The average Bonchev–Trinajstić information content (AvgIpc) is 2.37. The quantitative estimate of drug-likeness (QED) is 0.686. The van der Waals surface area contributed by atoms with Gasteiger partial charge in [-0.25, -0.2) is 14.0 Å². The Labute approximate surface area is 109 Å². The maximum Gasteiger partial charge on any atom is 0.335 e. The smallest absolute Gasteiger partial charge is 0.335 e. The number of amides is 2. The van der Waals surface area contributed by atoms with E-state index in [-0.39, 0.29) is 11.3 Å². The van der Waals surface area contributed by atoms with Crippen molar-refractivity contribution >= 4 is 17.7 Å². The molecule has 2 amide bonds. The summed E-state index contributed by atoms with van der Waals surface area (Å²) in [4.78, 5) is 22.2. The van der Waals surface area contributed by atoms with E-state index in [0.29, 0.717) is 19.6 Å². The highest BCUT2D eigenvalue weighted by Gasteiger charge is 2.10. The third kappa shape index (κ3) is 4.92. The molecule has 0 aliphatic heterocycles. The third-order valence-electron chi connectivity index (χ3n) is 2.27. The van der Waals surface area contributed by atoms with E-state index in [2.05, 4.69) is 10.6 Å². The molecule has 0 heterocycles. The number of carbonyl (C=O) groups excluding carboxylic acids is 1. The van der Waals surface area contributed by atoms with Crippen LogP contribution in [0.15, 0.2) is 18.2 Å². The minimum absolute atomic E-state index is 0.101. The number of urea groups is 1. The molecular formula is C12H15FN2O4. The van der Waals surface area contributed by atoms with E-state index < -0.39 is 17.8 Å². The number of rotatable bonds is 6. The van der Waals surface area contributed by atoms with Crippen LogP contribution in [0.5, 0.6) is 0 Å². The highest BCUT2D eigenvalue weighted by molar-refractivity contribution is 5.93. The zero-order chi connectivity index (χ0) is 14.3. The van der Waals surface area contributed by atoms with Crippen LogP contribution in [-0.2, 0) is 4.74 Å². The van der Waals surface area contributed by atoms with Crippen molar-refractivity contribution in [2.24, 2.45) is 0 Å². The highest BCUT2D eigenvalue weighted by Crippen LogP contribution is 2.16. The summed E-state index contributed by atoms with van der Waals surface area (Å²) in [6, 6.07) is 2.58. The van der Waals surface area contributed by atoms with Crippen LogP contribution in [0.2, 0.25) is 0 Å². The molecule has 0 bridgehead atoms. The Hall–Kier alpha value is -2.15. The molecule has 1 aromatic rings. The Morgan fingerprint density at radius 3 is 2.79 bits per heavy atom. The Morgan fingerprint density at radius 1 is 1.42 bits per heavy atom. The number of carboxylic acids is 1. The van der Waals surface area contributed by atoms with Gasteiger partial charge >= 0.3 is 12.0 Å². The second kappa shape index (κ2) is 7.32. The zero-order valence-corrected chi connectivity index (χ0v) is 10.4. The molecule has 7 heteroatoms. The molecule has 0 fully saturated rings. The van der Waals surface area contributed by atoms with E-state index in [4.69, 9.17) is 9.84 Å². The number of aromatic carboxylic acids is 1. The van der Waals surface area contributed by atoms with E-state index in [0.717, 1.165) is 18.2 Å². The first-order valence-corrected chi connectivity index (χ1v) is 5.61. The van der Waals surface area contributed by atoms with Crippen molar-refractivity contribution in [1.82, 2.24) is 5.32 Å². The second-order valence-electron chi connectivity index (χ2n) is 3.73. The summed E-state index contributed by atoms with van der Waals surface area (Å²) in [5.74, 6) is -1.89. The van der Waals surface area contributed by atoms with Crippen molar-refractivity contribution in [3.8, 4) is 0 Å². The van der Waals surface area contributed by atoms with Gasteiger partial charge in [0.1, 0.15) is 5.82 Å². The van der Waals surface area contributed by atoms with Crippen molar-refractivity contribution in [3.05, 3.63) is 29.6 Å². The Bertz CT molecular complexity index is 465. The maximum absolute atomic E-state index is 13.4. The number of halogens is 1. The molecule has 1 rings (SSSR count). The van der Waals surface area contributed by atoms with Gasteiger partial charge in [-0.3, -0.25) is 0 Å². The lowest BCUT2D eigenvalue weighted by molar-refractivity contribution is 0.0697. The molecule has 3 N–H and O–H groups in total. The minimum atomic E-state index is -1.19. The average molecular weight is 270 g/mol. The molecule has 0 aliphatic carbocycles. The number of carboxylic acid groups (broad SMARTS) is 1. The molecular weight excluding hydrogens is 255 g/mol. The summed E-state index contributed by atoms with van der Waals surface area (Å²) in [6.45, 7) is 0.878. The molecule has 0 aliphatic rings. The molecule has 0 spiro atoms. The molecule has 0 saturated heterocycles. The lowest BCUT2D eigenvalue weighted by Crippen LogP contribution is -2.30. The molecule has 0 radical (unpaired) electrons. The topological polar surface area (TPSA) is 87.7 Å². The van der Waals surface area contributed by atoms with Crippen molar-refractivity contribution in [2.45, 2.75) is 6.42 Å². The highest BCUT2D eigenvalue weighted by atomic mass is 19.1. The number of carbonyl (C=O) groups is 2. The van der Waals surface area contributed by atoms with E-state index in [1.54, 1.807) is 7.11 Å². The van der Waals surface area contributed by atoms with Gasteiger partial charge in [-0.05, 0) is 24.6 Å². The first-order chi connectivity index (χ1) is 9.04. The van der Waals surface area contributed by atoms with Gasteiger partial charge in [0.15, 0.2) is 0 Å². The lowest BCUT2D eigenvalue weighted by atomic mass is 10.2. The van der Waals surface area contributed by atoms with Crippen LogP contribution >= 0.6 is 0 Å². The number of ether oxygens (including phenoxy) is 1. The van der Waals surface area contributed by atoms with Crippen molar-refractivity contribution in [2.75, 3.05) is 25.6 Å². The van der Waals surface area contributed by atoms with Gasteiger partial charge in [-0.2, -0.15) is 0 Å². The summed E-state index contributed by atoms with van der Waals surface area (Å²) in [7, 11) is 1.55. The summed E-state index contributed by atoms with van der Waals surface area (Å²) in [5, 5.41) is 13.5. The van der Waals surface area contributed by atoms with Gasteiger partial charge in [0.25, 0.3) is 0 Å². The zero-order valence-electron chi connectivity index (χ0n) is 10.4. The predicted octanol–water partition coefficient (Wildman–Crippen LogP) is 1.68. The molecule has 0 aromatic heterocycles. The van der Waals surface area contributed by atoms with Crippen molar-refractivity contribution < 1.29 is 23.8 Å². The molecule has 1 aromatic carbocycles. The van der Waals surface area contributed by atoms with Crippen LogP contribution in [0.4, 0.5) is 14.9 Å². The number of methoxy groups -OCH3 is 1. The molecule has 0 atom stereocenters. The molecule has 19 heavy (non-hydrogen) atoms. The predicted molar refractivity (Wildman–Crippen MR) is 66.9 cm³/mol. The summed E-state index contributed by atoms with van der Waals surface area (Å²) in [6.07, 6.45) is 0.627. The summed E-state index contributed by atoms with van der Waals surface area (Å²) >= 11 is 0. The van der Waals surface area contributed by atoms with Crippen LogP contribution in [0, 0.1) is 5.82 Å². The largest absolute Gasteiger partial charge is 0.478 e. The van der Waals surface area contributed by atoms with Gasteiger partial charge in [-0.1, -0.05) is 0 Å². The number of benzene rings is 1. The van der Waals surface area contributed by atoms with Gasteiger partial charge in [0.2, 0.25) is 0 Å².